The molecule has 0 fully saturated rings. The molecular weight excluding hydrogens is 234 g/mol. The Kier molecular flexibility index (Phi) is 4.43. The normalized spacial score (nSPS) is 32.3. The number of aliphatic hydroxyl groups excluding tert-OH is 4. The summed E-state index contributed by atoms with van der Waals surface area (Å²) in [6.45, 7) is -0.740. The predicted octanol–water partition coefficient (Wildman–Crippen LogP) is -3.24. The molecule has 5 atom stereocenters. The third kappa shape index (κ3) is 2.93. The maximum absolute atomic E-state index is 10.7. The van der Waals surface area contributed by atoms with Crippen molar-refractivity contribution in [3.05, 3.63) is 11.8 Å². The van der Waals surface area contributed by atoms with Gasteiger partial charge in [0.05, 0.1) is 18.8 Å². The zero-order valence-electron chi connectivity index (χ0n) is 8.80. The minimum Gasteiger partial charge on any atom is -0.479 e. The van der Waals surface area contributed by atoms with Crippen molar-refractivity contribution >= 4 is 5.97 Å². The maximum atomic E-state index is 10.7. The summed E-state index contributed by atoms with van der Waals surface area (Å²) in [7, 11) is 0. The van der Waals surface area contributed by atoms with Gasteiger partial charge in [-0.05, 0) is 6.08 Å². The van der Waals surface area contributed by atoms with Crippen LogP contribution in [0.5, 0.6) is 0 Å². The van der Waals surface area contributed by atoms with E-state index in [1.54, 1.807) is 0 Å². The first kappa shape index (κ1) is 13.9. The van der Waals surface area contributed by atoms with Gasteiger partial charge in [-0.3, -0.25) is 0 Å². The molecule has 5 unspecified atom stereocenters. The monoisotopic (exact) mass is 249 g/mol. The van der Waals surface area contributed by atoms with Gasteiger partial charge in [0.1, 0.15) is 18.3 Å². The Hall–Kier alpha value is -1.19. The molecule has 0 saturated carbocycles. The van der Waals surface area contributed by atoms with E-state index >= 15 is 0 Å². The molecule has 0 aromatic heterocycles. The van der Waals surface area contributed by atoms with Gasteiger partial charge in [0.2, 0.25) is 5.76 Å². The van der Waals surface area contributed by atoms with Crippen LogP contribution in [0.1, 0.15) is 0 Å². The Balaban J connectivity index is 2.87. The number of hydrogen-bond donors (Lipinski definition) is 6. The molecule has 1 rings (SSSR count). The quantitative estimate of drug-likeness (QED) is 0.304. The SMILES string of the molecule is NC1C(O)C=C(C(=O)O)OC1C(O)C(O)CO. The molecule has 7 N–H and O–H groups in total. The van der Waals surface area contributed by atoms with Crippen LogP contribution >= 0.6 is 0 Å². The van der Waals surface area contributed by atoms with E-state index in [2.05, 4.69) is 0 Å². The second kappa shape index (κ2) is 5.43. The molecule has 1 aliphatic heterocycles. The van der Waals surface area contributed by atoms with Crippen molar-refractivity contribution in [3.8, 4) is 0 Å². The van der Waals surface area contributed by atoms with Gasteiger partial charge in [-0.2, -0.15) is 0 Å². The van der Waals surface area contributed by atoms with Crippen LogP contribution in [0.4, 0.5) is 0 Å². The van der Waals surface area contributed by atoms with Gasteiger partial charge in [-0.15, -0.1) is 0 Å². The minimum atomic E-state index is -1.60. The first-order chi connectivity index (χ1) is 7.88. The van der Waals surface area contributed by atoms with Gasteiger partial charge in [0.15, 0.2) is 0 Å². The van der Waals surface area contributed by atoms with Gasteiger partial charge < -0.3 is 36.0 Å². The standard InChI is InChI=1S/C9H15NO7/c10-6-3(12)1-5(9(15)16)17-8(6)7(14)4(13)2-11/h1,3-4,6-8,11-14H,2,10H2,(H,15,16). The molecular formula is C9H15NO7. The van der Waals surface area contributed by atoms with Crippen LogP contribution in [-0.4, -0.2) is 68.6 Å². The Morgan fingerprint density at radius 3 is 2.59 bits per heavy atom. The van der Waals surface area contributed by atoms with E-state index in [9.17, 15) is 20.1 Å². The Bertz CT molecular complexity index is 318. The smallest absolute Gasteiger partial charge is 0.370 e. The lowest BCUT2D eigenvalue weighted by molar-refractivity contribution is -0.146. The summed E-state index contributed by atoms with van der Waals surface area (Å²) in [5, 5.41) is 45.6. The topological polar surface area (TPSA) is 153 Å². The lowest BCUT2D eigenvalue weighted by atomic mass is 9.95. The fourth-order valence-electron chi connectivity index (χ4n) is 1.47. The molecule has 0 bridgehead atoms. The summed E-state index contributed by atoms with van der Waals surface area (Å²) in [5.41, 5.74) is 5.51. The van der Waals surface area contributed by atoms with Gasteiger partial charge in [-0.1, -0.05) is 0 Å². The third-order valence-corrected chi connectivity index (χ3v) is 2.49. The first-order valence-electron chi connectivity index (χ1n) is 4.91. The highest BCUT2D eigenvalue weighted by Crippen LogP contribution is 2.21. The highest BCUT2D eigenvalue weighted by atomic mass is 16.5. The summed E-state index contributed by atoms with van der Waals surface area (Å²) in [4.78, 5) is 10.7. The van der Waals surface area contributed by atoms with Crippen LogP contribution in [0.3, 0.4) is 0 Å². The lowest BCUT2D eigenvalue weighted by Gasteiger charge is -2.35. The fraction of sp³-hybridized carbons (Fsp3) is 0.667. The largest absolute Gasteiger partial charge is 0.479 e. The lowest BCUT2D eigenvalue weighted by Crippen LogP contribution is -2.57. The maximum Gasteiger partial charge on any atom is 0.370 e. The van der Waals surface area contributed by atoms with E-state index in [1.807, 2.05) is 0 Å². The molecule has 8 nitrogen and oxygen atoms in total. The molecule has 98 valence electrons. The number of hydrogen-bond acceptors (Lipinski definition) is 7. The average Bonchev–Trinajstić information content (AvgIpc) is 2.30. The van der Waals surface area contributed by atoms with Gasteiger partial charge in [-0.25, -0.2) is 4.79 Å². The van der Waals surface area contributed by atoms with Crippen molar-refractivity contribution < 1.29 is 35.1 Å². The van der Waals surface area contributed by atoms with Crippen LogP contribution < -0.4 is 5.73 Å². The van der Waals surface area contributed by atoms with Crippen molar-refractivity contribution in [1.29, 1.82) is 0 Å². The summed E-state index contributed by atoms with van der Waals surface area (Å²) >= 11 is 0. The molecule has 0 aliphatic carbocycles. The van der Waals surface area contributed by atoms with E-state index in [-0.39, 0.29) is 0 Å². The van der Waals surface area contributed by atoms with Crippen LogP contribution in [0, 0.1) is 0 Å². The van der Waals surface area contributed by atoms with Gasteiger partial charge in [0, 0.05) is 0 Å². The summed E-state index contributed by atoms with van der Waals surface area (Å²) in [6.07, 6.45) is -4.87. The van der Waals surface area contributed by atoms with E-state index in [0.29, 0.717) is 0 Å². The van der Waals surface area contributed by atoms with Crippen molar-refractivity contribution in [1.82, 2.24) is 0 Å². The molecule has 0 amide bonds. The third-order valence-electron chi connectivity index (χ3n) is 2.49. The van der Waals surface area contributed by atoms with Gasteiger partial charge in [0.25, 0.3) is 0 Å². The molecule has 8 heteroatoms. The molecule has 0 aromatic rings. The van der Waals surface area contributed by atoms with Crippen molar-refractivity contribution in [2.45, 2.75) is 30.5 Å². The van der Waals surface area contributed by atoms with E-state index in [4.69, 9.17) is 20.7 Å². The molecule has 1 aliphatic rings. The predicted molar refractivity (Wildman–Crippen MR) is 53.7 cm³/mol. The van der Waals surface area contributed by atoms with E-state index in [0.717, 1.165) is 6.08 Å². The second-order valence-electron chi connectivity index (χ2n) is 3.73. The zero-order chi connectivity index (χ0) is 13.2. The Morgan fingerprint density at radius 1 is 1.53 bits per heavy atom. The van der Waals surface area contributed by atoms with Crippen LogP contribution in [0.15, 0.2) is 11.8 Å². The first-order valence-corrected chi connectivity index (χ1v) is 4.91. The number of nitrogens with two attached hydrogens (primary N) is 1. The average molecular weight is 249 g/mol. The molecule has 0 aromatic carbocycles. The molecule has 0 spiro atoms. The second-order valence-corrected chi connectivity index (χ2v) is 3.73. The summed E-state index contributed by atoms with van der Waals surface area (Å²) in [6, 6.07) is -1.10. The van der Waals surface area contributed by atoms with Crippen molar-refractivity contribution in [2.75, 3.05) is 6.61 Å². The Labute approximate surface area is 96.5 Å². The van der Waals surface area contributed by atoms with Crippen LogP contribution in [0.2, 0.25) is 0 Å². The number of aliphatic carboxylic acids is 1. The Morgan fingerprint density at radius 2 is 2.12 bits per heavy atom. The fourth-order valence-corrected chi connectivity index (χ4v) is 1.47. The molecule has 1 heterocycles. The number of carboxylic acids is 1. The number of carboxylic acid groups (broad SMARTS) is 1. The minimum absolute atomic E-state index is 0.562. The molecule has 0 saturated heterocycles. The van der Waals surface area contributed by atoms with Crippen molar-refractivity contribution in [2.24, 2.45) is 5.73 Å². The van der Waals surface area contributed by atoms with Gasteiger partial charge >= 0.3 is 5.97 Å². The molecule has 0 radical (unpaired) electrons. The van der Waals surface area contributed by atoms with Crippen LogP contribution in [0.25, 0.3) is 0 Å². The summed E-state index contributed by atoms with van der Waals surface area (Å²) in [5.74, 6) is -1.99. The van der Waals surface area contributed by atoms with Crippen LogP contribution in [-0.2, 0) is 9.53 Å². The molecule has 17 heavy (non-hydrogen) atoms. The number of carbonyl (C=O) groups is 1. The van der Waals surface area contributed by atoms with E-state index in [1.165, 1.54) is 0 Å². The summed E-state index contributed by atoms with van der Waals surface area (Å²) < 4.78 is 4.87. The number of rotatable bonds is 4. The van der Waals surface area contributed by atoms with Crippen molar-refractivity contribution in [3.63, 3.8) is 0 Å². The highest BCUT2D eigenvalue weighted by Gasteiger charge is 2.40. The van der Waals surface area contributed by atoms with E-state index < -0.39 is 48.8 Å². The number of aliphatic hydroxyl groups is 4. The zero-order valence-corrected chi connectivity index (χ0v) is 8.80. The number of ether oxygens (including phenoxy) is 1. The highest BCUT2D eigenvalue weighted by molar-refractivity contribution is 5.84.